The van der Waals surface area contributed by atoms with Crippen molar-refractivity contribution >= 4 is 17.3 Å². The van der Waals surface area contributed by atoms with Crippen LogP contribution in [0.3, 0.4) is 0 Å². The van der Waals surface area contributed by atoms with E-state index in [-0.39, 0.29) is 5.91 Å². The first-order valence-corrected chi connectivity index (χ1v) is 14.0. The molecular formula is C33H35N3O3. The van der Waals surface area contributed by atoms with Crippen LogP contribution in [0.2, 0.25) is 0 Å². The summed E-state index contributed by atoms with van der Waals surface area (Å²) in [5.41, 5.74) is 4.96. The molecule has 0 N–H and O–H groups in total. The third kappa shape index (κ3) is 3.73. The summed E-state index contributed by atoms with van der Waals surface area (Å²) in [6, 6.07) is 24.7. The molecule has 0 unspecified atom stereocenters. The number of furan rings is 1. The maximum Gasteiger partial charge on any atom is 0.255 e. The van der Waals surface area contributed by atoms with Crippen LogP contribution in [0.25, 0.3) is 0 Å². The largest absolute Gasteiger partial charge is 0.467 e. The zero-order valence-corrected chi connectivity index (χ0v) is 23.1. The highest BCUT2D eigenvalue weighted by molar-refractivity contribution is 6.02. The predicted octanol–water partition coefficient (Wildman–Crippen LogP) is 7.03. The summed E-state index contributed by atoms with van der Waals surface area (Å²) in [6.45, 7) is 12.6. The third-order valence-corrected chi connectivity index (χ3v) is 8.28. The molecule has 3 aromatic carbocycles. The quantitative estimate of drug-likeness (QED) is 0.249. The van der Waals surface area contributed by atoms with Crippen LogP contribution >= 0.6 is 0 Å². The zero-order chi connectivity index (χ0) is 27.1. The first-order valence-electron chi connectivity index (χ1n) is 14.0. The van der Waals surface area contributed by atoms with E-state index in [4.69, 9.17) is 9.15 Å². The highest BCUT2D eigenvalue weighted by Gasteiger charge is 2.56. The lowest BCUT2D eigenvalue weighted by Gasteiger charge is -2.44. The number of benzene rings is 3. The fourth-order valence-electron chi connectivity index (χ4n) is 6.38. The second kappa shape index (κ2) is 9.84. The van der Waals surface area contributed by atoms with Crippen molar-refractivity contribution in [2.75, 3.05) is 36.0 Å². The molecule has 6 heteroatoms. The van der Waals surface area contributed by atoms with Gasteiger partial charge in [0, 0.05) is 66.4 Å². The Bertz CT molecular complexity index is 1440. The Morgan fingerprint density at radius 3 is 1.85 bits per heavy atom. The Balaban J connectivity index is 1.65. The fourth-order valence-corrected chi connectivity index (χ4v) is 6.38. The van der Waals surface area contributed by atoms with Gasteiger partial charge in [-0.05, 0) is 63.6 Å². The van der Waals surface area contributed by atoms with E-state index >= 15 is 0 Å². The van der Waals surface area contributed by atoms with Crippen LogP contribution in [0.1, 0.15) is 60.5 Å². The van der Waals surface area contributed by atoms with Gasteiger partial charge in [0.25, 0.3) is 5.91 Å². The molecule has 1 spiro atoms. The number of ether oxygens (including phenoxy) is 1. The van der Waals surface area contributed by atoms with Crippen molar-refractivity contribution in [1.29, 1.82) is 0 Å². The Hall–Kier alpha value is -4.19. The van der Waals surface area contributed by atoms with Crippen molar-refractivity contribution in [3.05, 3.63) is 107 Å². The maximum absolute atomic E-state index is 14.2. The van der Waals surface area contributed by atoms with Crippen LogP contribution in [0.15, 0.2) is 83.5 Å². The molecular weight excluding hydrogens is 486 g/mol. The van der Waals surface area contributed by atoms with Crippen LogP contribution in [0.5, 0.6) is 11.5 Å². The molecule has 3 heterocycles. The molecule has 0 radical (unpaired) electrons. The molecule has 4 aromatic rings. The summed E-state index contributed by atoms with van der Waals surface area (Å²) in [5, 5.41) is 0. The number of nitrogens with zero attached hydrogens (tertiary/aromatic N) is 3. The van der Waals surface area contributed by atoms with Gasteiger partial charge in [-0.25, -0.2) is 0 Å². The topological polar surface area (TPSA) is 49.2 Å². The molecule has 0 bridgehead atoms. The number of hydrogen-bond acceptors (Lipinski definition) is 5. The molecule has 200 valence electrons. The lowest BCUT2D eigenvalue weighted by atomic mass is 9.74. The molecule has 2 aliphatic rings. The van der Waals surface area contributed by atoms with Crippen LogP contribution in [0, 0.1) is 0 Å². The van der Waals surface area contributed by atoms with Gasteiger partial charge >= 0.3 is 0 Å². The van der Waals surface area contributed by atoms with E-state index in [2.05, 4.69) is 80.0 Å². The van der Waals surface area contributed by atoms with Gasteiger partial charge in [-0.3, -0.25) is 4.79 Å². The standard InChI is InChI=1S/C33H35N3O3/c1-5-34(6-2)23-15-17-28-30(20-23)39-31-21-24(35(7-3)8-4)16-18-29(31)33(28)27-14-10-9-13-26(27)32(37)36(33)22-25-12-11-19-38-25/h9-21H,5-8,22H2,1-4H3. The van der Waals surface area contributed by atoms with E-state index in [0.717, 1.165) is 71.5 Å². The lowest BCUT2D eigenvalue weighted by Crippen LogP contribution is -2.46. The average Bonchev–Trinajstić information content (AvgIpc) is 3.56. The maximum atomic E-state index is 14.2. The van der Waals surface area contributed by atoms with Gasteiger partial charge < -0.3 is 23.9 Å². The van der Waals surface area contributed by atoms with Crippen molar-refractivity contribution in [1.82, 2.24) is 4.90 Å². The second-order valence-corrected chi connectivity index (χ2v) is 10.0. The van der Waals surface area contributed by atoms with Crippen molar-refractivity contribution in [2.45, 2.75) is 39.8 Å². The number of carbonyl (C=O) groups excluding carboxylic acids is 1. The number of carbonyl (C=O) groups is 1. The molecule has 6 rings (SSSR count). The Labute approximate surface area is 230 Å². The summed E-state index contributed by atoms with van der Waals surface area (Å²) in [6.07, 6.45) is 1.66. The van der Waals surface area contributed by atoms with Gasteiger partial charge in [-0.1, -0.05) is 30.3 Å². The molecule has 1 amide bonds. The molecule has 0 atom stereocenters. The van der Waals surface area contributed by atoms with Crippen molar-refractivity contribution in [3.8, 4) is 11.5 Å². The van der Waals surface area contributed by atoms with E-state index in [0.29, 0.717) is 12.1 Å². The number of amides is 1. The molecule has 39 heavy (non-hydrogen) atoms. The van der Waals surface area contributed by atoms with Crippen LogP contribution in [-0.4, -0.2) is 37.0 Å². The Morgan fingerprint density at radius 2 is 1.31 bits per heavy atom. The minimum Gasteiger partial charge on any atom is -0.467 e. The number of fused-ring (bicyclic) bond motifs is 6. The van der Waals surface area contributed by atoms with E-state index in [1.807, 2.05) is 35.2 Å². The molecule has 2 aliphatic heterocycles. The molecule has 6 nitrogen and oxygen atoms in total. The number of rotatable bonds is 8. The average molecular weight is 522 g/mol. The number of hydrogen-bond donors (Lipinski definition) is 0. The van der Waals surface area contributed by atoms with E-state index in [1.54, 1.807) is 6.26 Å². The summed E-state index contributed by atoms with van der Waals surface area (Å²) in [7, 11) is 0. The Morgan fingerprint density at radius 1 is 0.718 bits per heavy atom. The first-order chi connectivity index (χ1) is 19.1. The smallest absolute Gasteiger partial charge is 0.255 e. The molecule has 0 saturated carbocycles. The van der Waals surface area contributed by atoms with E-state index in [9.17, 15) is 4.79 Å². The minimum absolute atomic E-state index is 0.0126. The highest BCUT2D eigenvalue weighted by Crippen LogP contribution is 2.58. The molecule has 0 fully saturated rings. The van der Waals surface area contributed by atoms with E-state index in [1.165, 1.54) is 0 Å². The van der Waals surface area contributed by atoms with Crippen LogP contribution in [-0.2, 0) is 12.1 Å². The third-order valence-electron chi connectivity index (χ3n) is 8.28. The molecule has 0 aliphatic carbocycles. The van der Waals surface area contributed by atoms with Gasteiger partial charge in [0.05, 0.1) is 12.8 Å². The van der Waals surface area contributed by atoms with Crippen molar-refractivity contribution < 1.29 is 13.9 Å². The second-order valence-electron chi connectivity index (χ2n) is 10.0. The van der Waals surface area contributed by atoms with Crippen molar-refractivity contribution in [2.24, 2.45) is 0 Å². The minimum atomic E-state index is -0.854. The molecule has 1 aromatic heterocycles. The van der Waals surface area contributed by atoms with Crippen LogP contribution in [0.4, 0.5) is 11.4 Å². The normalized spacial score (nSPS) is 14.6. The molecule has 0 saturated heterocycles. The summed E-state index contributed by atoms with van der Waals surface area (Å²) in [5.74, 6) is 2.28. The van der Waals surface area contributed by atoms with Gasteiger partial charge in [0.15, 0.2) is 0 Å². The van der Waals surface area contributed by atoms with Crippen molar-refractivity contribution in [3.63, 3.8) is 0 Å². The van der Waals surface area contributed by atoms with Gasteiger partial charge in [-0.2, -0.15) is 0 Å². The SMILES string of the molecule is CCN(CC)c1ccc2c(c1)Oc1cc(N(CC)CC)ccc1C21c2ccccc2C(=O)N1Cc1ccco1. The van der Waals surface area contributed by atoms with Crippen LogP contribution < -0.4 is 14.5 Å². The summed E-state index contributed by atoms with van der Waals surface area (Å²) >= 11 is 0. The van der Waals surface area contributed by atoms with Gasteiger partial charge in [0.2, 0.25) is 0 Å². The summed E-state index contributed by atoms with van der Waals surface area (Å²) < 4.78 is 12.5. The first kappa shape index (κ1) is 25.1. The predicted molar refractivity (Wildman–Crippen MR) is 155 cm³/mol. The Kier molecular flexibility index (Phi) is 6.34. The zero-order valence-electron chi connectivity index (χ0n) is 23.1. The van der Waals surface area contributed by atoms with E-state index < -0.39 is 5.54 Å². The fraction of sp³-hybridized carbons (Fsp3) is 0.303. The summed E-state index contributed by atoms with van der Waals surface area (Å²) in [4.78, 5) is 20.8. The highest BCUT2D eigenvalue weighted by atomic mass is 16.5. The number of anilines is 2. The monoisotopic (exact) mass is 521 g/mol. The van der Waals surface area contributed by atoms with Gasteiger partial charge in [0.1, 0.15) is 22.8 Å². The van der Waals surface area contributed by atoms with Gasteiger partial charge in [-0.15, -0.1) is 0 Å². The lowest BCUT2D eigenvalue weighted by molar-refractivity contribution is 0.0627.